The second-order valence-electron chi connectivity index (χ2n) is 3.39. The second-order valence-corrected chi connectivity index (χ2v) is 3.95. The number of aromatic nitrogens is 2. The van der Waals surface area contributed by atoms with Crippen LogP contribution in [0.4, 0.5) is 0 Å². The molecule has 0 atom stereocenters. The fourth-order valence-corrected chi connectivity index (χ4v) is 1.63. The monoisotopic (exact) mass is 278 g/mol. The highest BCUT2D eigenvalue weighted by atomic mass is 79.9. The summed E-state index contributed by atoms with van der Waals surface area (Å²) in [5.74, 6) is 1.32. The highest BCUT2D eigenvalue weighted by molar-refractivity contribution is 9.08. The molecule has 0 aromatic carbocycles. The molecule has 0 amide bonds. The highest BCUT2D eigenvalue weighted by Crippen LogP contribution is 2.22. The Balaban J connectivity index is 2.22. The lowest BCUT2D eigenvalue weighted by molar-refractivity contribution is 0.456. The largest absolute Gasteiger partial charge is 0.437 e. The van der Waals surface area contributed by atoms with Crippen LogP contribution in [0.25, 0.3) is 0 Å². The quantitative estimate of drug-likeness (QED) is 0.807. The Morgan fingerprint density at radius 1 is 1.38 bits per heavy atom. The van der Waals surface area contributed by atoms with Gasteiger partial charge in [-0.3, -0.25) is 4.98 Å². The molecule has 82 valence electrons. The van der Waals surface area contributed by atoms with Crippen molar-refractivity contribution in [2.24, 2.45) is 0 Å². The maximum atomic E-state index is 5.62. The number of pyridine rings is 2. The van der Waals surface area contributed by atoms with E-state index in [2.05, 4.69) is 25.9 Å². The predicted molar refractivity (Wildman–Crippen MR) is 65.9 cm³/mol. The van der Waals surface area contributed by atoms with E-state index in [4.69, 9.17) is 4.74 Å². The average molecular weight is 279 g/mol. The first-order valence-electron chi connectivity index (χ1n) is 4.89. The van der Waals surface area contributed by atoms with Crippen molar-refractivity contribution in [3.63, 3.8) is 0 Å². The van der Waals surface area contributed by atoms with Crippen LogP contribution >= 0.6 is 15.9 Å². The minimum Gasteiger partial charge on any atom is -0.437 e. The first-order chi connectivity index (χ1) is 7.79. The molecule has 0 saturated heterocycles. The number of hydrogen-bond donors (Lipinski definition) is 0. The van der Waals surface area contributed by atoms with Crippen molar-refractivity contribution in [3.05, 3.63) is 47.9 Å². The predicted octanol–water partition coefficient (Wildman–Crippen LogP) is 3.47. The number of hydrogen-bond acceptors (Lipinski definition) is 3. The molecule has 0 spiro atoms. The van der Waals surface area contributed by atoms with Crippen LogP contribution in [0.3, 0.4) is 0 Å². The molecule has 0 fully saturated rings. The molecule has 2 heterocycles. The van der Waals surface area contributed by atoms with Crippen molar-refractivity contribution in [3.8, 4) is 11.6 Å². The standard InChI is InChI=1S/C12H11BrN2O/c1-9-5-10(6-13)7-15-12(9)16-11-3-2-4-14-8-11/h2-5,7-8H,6H2,1H3. The number of alkyl halides is 1. The van der Waals surface area contributed by atoms with Crippen molar-refractivity contribution in [1.29, 1.82) is 0 Å². The Kier molecular flexibility index (Phi) is 3.51. The van der Waals surface area contributed by atoms with E-state index in [-0.39, 0.29) is 0 Å². The summed E-state index contributed by atoms with van der Waals surface area (Å²) in [5.41, 5.74) is 2.15. The average Bonchev–Trinajstić information content (AvgIpc) is 2.33. The number of ether oxygens (including phenoxy) is 1. The van der Waals surface area contributed by atoms with Gasteiger partial charge < -0.3 is 4.74 Å². The molecule has 4 heteroatoms. The lowest BCUT2D eigenvalue weighted by Crippen LogP contribution is -1.93. The zero-order chi connectivity index (χ0) is 11.4. The van der Waals surface area contributed by atoms with Gasteiger partial charge in [0.1, 0.15) is 5.75 Å². The van der Waals surface area contributed by atoms with Gasteiger partial charge in [-0.1, -0.05) is 15.9 Å². The SMILES string of the molecule is Cc1cc(CBr)cnc1Oc1cccnc1. The summed E-state index contributed by atoms with van der Waals surface area (Å²) in [7, 11) is 0. The molecule has 16 heavy (non-hydrogen) atoms. The van der Waals surface area contributed by atoms with E-state index in [0.29, 0.717) is 11.6 Å². The van der Waals surface area contributed by atoms with Crippen LogP contribution in [-0.2, 0) is 5.33 Å². The van der Waals surface area contributed by atoms with Crippen molar-refractivity contribution in [2.45, 2.75) is 12.3 Å². The highest BCUT2D eigenvalue weighted by Gasteiger charge is 2.03. The van der Waals surface area contributed by atoms with Crippen LogP contribution < -0.4 is 4.74 Å². The Morgan fingerprint density at radius 3 is 2.88 bits per heavy atom. The van der Waals surface area contributed by atoms with Gasteiger partial charge in [-0.25, -0.2) is 4.98 Å². The smallest absolute Gasteiger partial charge is 0.222 e. The van der Waals surface area contributed by atoms with Gasteiger partial charge in [-0.15, -0.1) is 0 Å². The van der Waals surface area contributed by atoms with Gasteiger partial charge in [0.05, 0.1) is 6.20 Å². The molecule has 2 aromatic rings. The van der Waals surface area contributed by atoms with E-state index in [1.165, 1.54) is 0 Å². The molecule has 0 aliphatic heterocycles. The number of rotatable bonds is 3. The van der Waals surface area contributed by atoms with E-state index in [9.17, 15) is 0 Å². The minimum absolute atomic E-state index is 0.623. The minimum atomic E-state index is 0.623. The molecule has 0 unspecified atom stereocenters. The van der Waals surface area contributed by atoms with Crippen LogP contribution in [0.5, 0.6) is 11.6 Å². The summed E-state index contributed by atoms with van der Waals surface area (Å²) >= 11 is 3.39. The van der Waals surface area contributed by atoms with Crippen molar-refractivity contribution in [1.82, 2.24) is 9.97 Å². The molecule has 0 saturated carbocycles. The lowest BCUT2D eigenvalue weighted by Gasteiger charge is -2.07. The van der Waals surface area contributed by atoms with Crippen LogP contribution in [-0.4, -0.2) is 9.97 Å². The maximum absolute atomic E-state index is 5.62. The molecular formula is C12H11BrN2O. The van der Waals surface area contributed by atoms with E-state index in [1.54, 1.807) is 18.6 Å². The molecule has 3 nitrogen and oxygen atoms in total. The molecule has 0 aliphatic rings. The van der Waals surface area contributed by atoms with E-state index in [1.807, 2.05) is 25.1 Å². The fraction of sp³-hybridized carbons (Fsp3) is 0.167. The zero-order valence-corrected chi connectivity index (χ0v) is 10.4. The van der Waals surface area contributed by atoms with Gasteiger partial charge in [0.15, 0.2) is 0 Å². The fourth-order valence-electron chi connectivity index (χ4n) is 1.32. The van der Waals surface area contributed by atoms with Crippen molar-refractivity contribution in [2.75, 3.05) is 0 Å². The van der Waals surface area contributed by atoms with Gasteiger partial charge in [0.25, 0.3) is 0 Å². The molecular weight excluding hydrogens is 268 g/mol. The third-order valence-corrected chi connectivity index (χ3v) is 2.74. The number of nitrogens with zero attached hydrogens (tertiary/aromatic N) is 2. The Labute approximate surface area is 103 Å². The summed E-state index contributed by atoms with van der Waals surface area (Å²) in [6.45, 7) is 1.98. The lowest BCUT2D eigenvalue weighted by atomic mass is 10.2. The number of halogens is 1. The van der Waals surface area contributed by atoms with Gasteiger partial charge in [0, 0.05) is 23.3 Å². The Hall–Kier alpha value is -1.42. The maximum Gasteiger partial charge on any atom is 0.222 e. The summed E-state index contributed by atoms with van der Waals surface area (Å²) in [5, 5.41) is 0.800. The Morgan fingerprint density at radius 2 is 2.25 bits per heavy atom. The van der Waals surface area contributed by atoms with Crippen LogP contribution in [0.15, 0.2) is 36.8 Å². The van der Waals surface area contributed by atoms with E-state index < -0.39 is 0 Å². The van der Waals surface area contributed by atoms with Gasteiger partial charge in [-0.05, 0) is 30.7 Å². The van der Waals surface area contributed by atoms with Gasteiger partial charge in [-0.2, -0.15) is 0 Å². The van der Waals surface area contributed by atoms with Crippen molar-refractivity contribution < 1.29 is 4.74 Å². The molecule has 2 aromatic heterocycles. The second kappa shape index (κ2) is 5.07. The molecule has 0 bridgehead atoms. The van der Waals surface area contributed by atoms with Gasteiger partial charge >= 0.3 is 0 Å². The van der Waals surface area contributed by atoms with E-state index >= 15 is 0 Å². The van der Waals surface area contributed by atoms with Gasteiger partial charge in [0.2, 0.25) is 5.88 Å². The number of aryl methyl sites for hydroxylation is 1. The molecule has 0 aliphatic carbocycles. The molecule has 0 radical (unpaired) electrons. The zero-order valence-electron chi connectivity index (χ0n) is 8.85. The first-order valence-corrected chi connectivity index (χ1v) is 6.01. The Bertz CT molecular complexity index is 474. The topological polar surface area (TPSA) is 35.0 Å². The summed E-state index contributed by atoms with van der Waals surface area (Å²) in [4.78, 5) is 8.25. The third-order valence-electron chi connectivity index (χ3n) is 2.09. The first kappa shape index (κ1) is 11.1. The molecule has 0 N–H and O–H groups in total. The third kappa shape index (κ3) is 2.58. The summed E-state index contributed by atoms with van der Waals surface area (Å²) < 4.78 is 5.62. The van der Waals surface area contributed by atoms with Crippen LogP contribution in [0.2, 0.25) is 0 Å². The van der Waals surface area contributed by atoms with Crippen molar-refractivity contribution >= 4 is 15.9 Å². The molecule has 2 rings (SSSR count). The van der Waals surface area contributed by atoms with Crippen LogP contribution in [0, 0.1) is 6.92 Å². The van der Waals surface area contributed by atoms with Crippen LogP contribution in [0.1, 0.15) is 11.1 Å². The summed E-state index contributed by atoms with van der Waals surface area (Å²) in [6, 6.07) is 5.73. The van der Waals surface area contributed by atoms with E-state index in [0.717, 1.165) is 16.5 Å². The summed E-state index contributed by atoms with van der Waals surface area (Å²) in [6.07, 6.45) is 5.17. The normalized spacial score (nSPS) is 10.1.